The number of likely N-dealkylation sites (N-methyl/N-ethyl adjacent to an activating group) is 8. The lowest BCUT2D eigenvalue weighted by Gasteiger charge is -2.51. The summed E-state index contributed by atoms with van der Waals surface area (Å²) < 4.78 is 78.1. The van der Waals surface area contributed by atoms with Gasteiger partial charge in [-0.05, 0) is 114 Å². The highest BCUT2D eigenvalue weighted by molar-refractivity contribution is 6.01. The number of carbonyl (C=O) groups excluding carboxylic acids is 12. The summed E-state index contributed by atoms with van der Waals surface area (Å²) in [6, 6.07) is -3.47. The van der Waals surface area contributed by atoms with Crippen molar-refractivity contribution in [2.24, 2.45) is 11.8 Å². The molecule has 2 aliphatic carbocycles. The predicted octanol–water partition coefficient (Wildman–Crippen LogP) is 4.35. The molecule has 576 valence electrons. The van der Waals surface area contributed by atoms with E-state index in [-0.39, 0.29) is 63.8 Å². The standard InChI is InChI=1S/C75H103F5N12O13/c1-15-24-54-65(96)82-63(46(5)16-2)71(102)85(9)44-61(95)87(11)55-27-19-18-22-36-91(70(55)101)57(39-47-30-28-45(4)29-31-47)68(99)84(8)43-59(93)81-53(33-32-48-37-51(76)62(52(77)38-48)75(78,79)80)66(97)92-42-50(105-17-3)40-58(92)69(100)90(14)74(34-23-35-74)73(104)89(13)64(49-25-20-21-26-49)72(103)88(12)56(67(98)83(6)7)41-60(94)86(54)10/h18-19,28-31,37-38,46,49-50,53-58,63-64H,16-17,20-23,25-27,32-36,39-44H2,1-14H3,(H,81,93)(H,82,96)/b19-18-/t46-,50+,53-,54-,55-,56-,57-,58-,63-,64-/m0/s1. The fraction of sp³-hybridized carbons (Fsp3) is 0.627. The zero-order chi connectivity index (χ0) is 77.9. The van der Waals surface area contributed by atoms with Crippen LogP contribution in [0.15, 0.2) is 48.6 Å². The maximum atomic E-state index is 15.7. The first-order chi connectivity index (χ1) is 49.4. The molecule has 3 heterocycles. The second-order valence-corrected chi connectivity index (χ2v) is 28.8. The molecule has 3 aliphatic heterocycles. The number of aryl methyl sites for hydroxylation is 2. The van der Waals surface area contributed by atoms with Crippen LogP contribution in [0, 0.1) is 42.2 Å². The number of nitrogens with zero attached hydrogens (tertiary/aromatic N) is 10. The van der Waals surface area contributed by atoms with E-state index in [1.807, 2.05) is 6.92 Å². The predicted molar refractivity (Wildman–Crippen MR) is 377 cm³/mol. The smallest absolute Gasteiger partial charge is 0.377 e. The number of amides is 12. The van der Waals surface area contributed by atoms with Crippen molar-refractivity contribution in [1.29, 1.82) is 0 Å². The monoisotopic (exact) mass is 1470 g/mol. The van der Waals surface area contributed by atoms with Crippen molar-refractivity contribution >= 4 is 70.9 Å². The third-order valence-electron chi connectivity index (χ3n) is 21.6. The lowest BCUT2D eigenvalue weighted by atomic mass is 9.73. The number of halogens is 5. The third-order valence-corrected chi connectivity index (χ3v) is 21.6. The Bertz CT molecular complexity index is 3640. The number of alkyl halides is 3. The Hall–Kier alpha value is -9.01. The van der Waals surface area contributed by atoms with E-state index in [1.165, 1.54) is 90.0 Å². The minimum atomic E-state index is -5.42. The van der Waals surface area contributed by atoms with Gasteiger partial charge in [0.15, 0.2) is 6.04 Å². The van der Waals surface area contributed by atoms with Crippen LogP contribution in [0.4, 0.5) is 22.0 Å². The average Bonchev–Trinajstić information content (AvgIpc) is 1.65. The molecule has 2 saturated carbocycles. The molecule has 7 rings (SSSR count). The second-order valence-electron chi connectivity index (χ2n) is 28.8. The van der Waals surface area contributed by atoms with Crippen LogP contribution in [-0.2, 0) is 81.3 Å². The summed E-state index contributed by atoms with van der Waals surface area (Å²) in [6.45, 7) is 6.77. The second kappa shape index (κ2) is 35.9. The number of fused-ring (bicyclic) bond motifs is 3. The number of benzene rings is 2. The van der Waals surface area contributed by atoms with Gasteiger partial charge in [0, 0.05) is 96.0 Å². The molecule has 0 unspecified atom stereocenters. The van der Waals surface area contributed by atoms with Crippen LogP contribution in [-0.4, -0.2) is 276 Å². The van der Waals surface area contributed by atoms with E-state index in [0.29, 0.717) is 56.2 Å². The van der Waals surface area contributed by atoms with Crippen LogP contribution in [0.5, 0.6) is 0 Å². The van der Waals surface area contributed by atoms with Crippen LogP contribution in [0.3, 0.4) is 0 Å². The summed E-state index contributed by atoms with van der Waals surface area (Å²) in [5, 5.41) is 5.40. The Morgan fingerprint density at radius 2 is 1.35 bits per heavy atom. The highest BCUT2D eigenvalue weighted by Gasteiger charge is 2.56. The summed E-state index contributed by atoms with van der Waals surface area (Å²) in [5.74, 6) is -8.85. The molecule has 30 heteroatoms. The fourth-order valence-corrected chi connectivity index (χ4v) is 14.8. The first kappa shape index (κ1) is 83.3. The van der Waals surface area contributed by atoms with E-state index in [2.05, 4.69) is 22.5 Å². The minimum Gasteiger partial charge on any atom is -0.377 e. The number of carbonyl (C=O) groups is 12. The van der Waals surface area contributed by atoms with Gasteiger partial charge in [0.1, 0.15) is 65.0 Å². The Labute approximate surface area is 611 Å². The lowest BCUT2D eigenvalue weighted by molar-refractivity contribution is -0.166. The molecule has 2 aromatic carbocycles. The first-order valence-corrected chi connectivity index (χ1v) is 36.0. The van der Waals surface area contributed by atoms with Gasteiger partial charge in [0.05, 0.1) is 25.6 Å². The Balaban J connectivity index is 1.35. The molecule has 0 radical (unpaired) electrons. The van der Waals surface area contributed by atoms with Crippen LogP contribution < -0.4 is 10.6 Å². The Kier molecular flexibility index (Phi) is 28.4. The van der Waals surface area contributed by atoms with Crippen LogP contribution in [0.25, 0.3) is 0 Å². The quantitative estimate of drug-likeness (QED) is 0.180. The number of rotatable bonds is 11. The van der Waals surface area contributed by atoms with Crippen molar-refractivity contribution in [3.8, 4) is 11.8 Å². The molecule has 25 nitrogen and oxygen atoms in total. The molecule has 12 amide bonds. The van der Waals surface area contributed by atoms with Gasteiger partial charge in [-0.2, -0.15) is 13.2 Å². The Morgan fingerprint density at radius 3 is 1.92 bits per heavy atom. The van der Waals surface area contributed by atoms with Gasteiger partial charge in [0.25, 0.3) is 5.91 Å². The van der Waals surface area contributed by atoms with Crippen molar-refractivity contribution in [2.75, 3.05) is 96.2 Å². The molecule has 2 N–H and O–H groups in total. The van der Waals surface area contributed by atoms with Gasteiger partial charge in [-0.1, -0.05) is 81.0 Å². The van der Waals surface area contributed by atoms with E-state index in [0.717, 1.165) is 35.0 Å². The Morgan fingerprint density at radius 1 is 0.724 bits per heavy atom. The maximum Gasteiger partial charge on any atom is 0.422 e. The molecule has 2 bridgehead atoms. The molecule has 2 saturated heterocycles. The number of hydrogen-bond acceptors (Lipinski definition) is 13. The molecular formula is C75H103F5N12O13. The van der Waals surface area contributed by atoms with Crippen molar-refractivity contribution in [1.82, 2.24) is 59.6 Å². The maximum absolute atomic E-state index is 15.7. The highest BCUT2D eigenvalue weighted by atomic mass is 19.4. The van der Waals surface area contributed by atoms with Gasteiger partial charge in [-0.3, -0.25) is 57.5 Å². The SMILES string of the molecule is CC#C[C@H]1C(=O)N[C@@H]([C@@H](C)CC)C(=O)N(C)CC(=O)N(C)[C@H]2C/C=C\CCN(C2=O)[C@@H](Cc2ccc(C)cc2)C(=O)N(C)CC(=O)N[C@@H](CCc2cc(F)c(C(F)(F)F)c(F)c2)C(=O)N2C[C@H](OCC)C[C@H]2C(=O)N(C)C2(CCC2)C(=O)N(C)[C@@H](C2CCCC2)C(=O)N(C)[C@H](C(=O)N(C)C)CC(=O)N1C. The van der Waals surface area contributed by atoms with Gasteiger partial charge < -0.3 is 64.4 Å². The third kappa shape index (κ3) is 19.2. The van der Waals surface area contributed by atoms with Crippen molar-refractivity contribution in [3.63, 3.8) is 0 Å². The molecular weight excluding hydrogens is 1370 g/mol. The number of ether oxygens (including phenoxy) is 1. The molecule has 0 aromatic heterocycles. The summed E-state index contributed by atoms with van der Waals surface area (Å²) in [5.41, 5.74) is -2.65. The van der Waals surface area contributed by atoms with E-state index in [4.69, 9.17) is 4.74 Å². The summed E-state index contributed by atoms with van der Waals surface area (Å²) >= 11 is 0. The molecule has 10 atom stereocenters. The van der Waals surface area contributed by atoms with E-state index >= 15 is 37.5 Å². The van der Waals surface area contributed by atoms with E-state index in [1.54, 1.807) is 57.2 Å². The number of nitrogens with one attached hydrogen (secondary N) is 2. The summed E-state index contributed by atoms with van der Waals surface area (Å²) in [6.07, 6.45) is -1.34. The fourth-order valence-electron chi connectivity index (χ4n) is 14.8. The molecule has 2 aromatic rings. The van der Waals surface area contributed by atoms with Gasteiger partial charge in [-0.25, -0.2) is 8.78 Å². The van der Waals surface area contributed by atoms with Crippen molar-refractivity contribution in [3.05, 3.63) is 82.4 Å². The molecule has 105 heavy (non-hydrogen) atoms. The molecule has 5 aliphatic rings. The van der Waals surface area contributed by atoms with Gasteiger partial charge >= 0.3 is 6.18 Å². The van der Waals surface area contributed by atoms with E-state index < -0.39 is 198 Å². The highest BCUT2D eigenvalue weighted by Crippen LogP contribution is 2.43. The van der Waals surface area contributed by atoms with Crippen molar-refractivity contribution in [2.45, 2.75) is 197 Å². The van der Waals surface area contributed by atoms with Gasteiger partial charge in [0.2, 0.25) is 65.0 Å². The normalized spacial score (nSPS) is 26.2. The lowest BCUT2D eigenvalue weighted by Crippen LogP contribution is -2.68. The first-order valence-electron chi connectivity index (χ1n) is 36.0. The summed E-state index contributed by atoms with van der Waals surface area (Å²) in [4.78, 5) is 192. The van der Waals surface area contributed by atoms with E-state index in [9.17, 15) is 41.9 Å². The average molecular weight is 1480 g/mol. The topological polar surface area (TPSA) is 271 Å². The molecule has 1 spiro atoms. The van der Waals surface area contributed by atoms with Crippen LogP contribution in [0.2, 0.25) is 0 Å². The largest absolute Gasteiger partial charge is 0.422 e. The minimum absolute atomic E-state index is 0.0449. The van der Waals surface area contributed by atoms with Crippen LogP contribution >= 0.6 is 0 Å². The zero-order valence-electron chi connectivity index (χ0n) is 62.8. The van der Waals surface area contributed by atoms with Crippen molar-refractivity contribution < 1.29 is 84.2 Å². The zero-order valence-corrected chi connectivity index (χ0v) is 62.8. The molecule has 4 fully saturated rings. The van der Waals surface area contributed by atoms with Gasteiger partial charge in [-0.15, -0.1) is 5.92 Å². The van der Waals surface area contributed by atoms with Crippen LogP contribution in [0.1, 0.15) is 133 Å². The summed E-state index contributed by atoms with van der Waals surface area (Å²) in [7, 11) is 12.3. The number of hydrogen-bond donors (Lipinski definition) is 2.